The summed E-state index contributed by atoms with van der Waals surface area (Å²) in [7, 11) is 0. The highest BCUT2D eigenvalue weighted by Gasteiger charge is 2.22. The minimum atomic E-state index is 0.358. The number of benzene rings is 4. The molecule has 0 aromatic heterocycles. The molecule has 2 heteroatoms. The van der Waals surface area contributed by atoms with Gasteiger partial charge in [0.2, 0.25) is 0 Å². The molecule has 0 aliphatic heterocycles. The third-order valence-corrected chi connectivity index (χ3v) is 7.91. The monoisotopic (exact) mass is 524 g/mol. The molecule has 4 aromatic rings. The van der Waals surface area contributed by atoms with Gasteiger partial charge < -0.3 is 9.80 Å². The van der Waals surface area contributed by atoms with E-state index < -0.39 is 0 Å². The van der Waals surface area contributed by atoms with Crippen LogP contribution in [0.15, 0.2) is 145 Å². The molecule has 2 unspecified atom stereocenters. The van der Waals surface area contributed by atoms with Crippen molar-refractivity contribution in [3.8, 4) is 11.1 Å². The van der Waals surface area contributed by atoms with Crippen LogP contribution < -0.4 is 9.80 Å². The van der Waals surface area contributed by atoms with Gasteiger partial charge in [0.1, 0.15) is 0 Å². The third-order valence-electron chi connectivity index (χ3n) is 7.91. The molecule has 0 amide bonds. The zero-order valence-electron chi connectivity index (χ0n) is 23.9. The predicted octanol–water partition coefficient (Wildman–Crippen LogP) is 10.9. The fourth-order valence-corrected chi connectivity index (χ4v) is 5.46. The molecular weight excluding hydrogens is 484 g/mol. The highest BCUT2D eigenvalue weighted by atomic mass is 15.2. The highest BCUT2D eigenvalue weighted by molar-refractivity contribution is 5.74. The lowest BCUT2D eigenvalue weighted by atomic mass is 9.96. The molecule has 2 nitrogen and oxygen atoms in total. The van der Waals surface area contributed by atoms with Crippen molar-refractivity contribution in [3.63, 3.8) is 0 Å². The Kier molecular flexibility index (Phi) is 8.98. The fourth-order valence-electron chi connectivity index (χ4n) is 5.46. The molecule has 40 heavy (non-hydrogen) atoms. The van der Waals surface area contributed by atoms with Gasteiger partial charge in [-0.1, -0.05) is 91.9 Å². The van der Waals surface area contributed by atoms with Crippen LogP contribution in [0.5, 0.6) is 0 Å². The molecule has 2 atom stereocenters. The summed E-state index contributed by atoms with van der Waals surface area (Å²) in [6, 6.07) is 39.8. The maximum Gasteiger partial charge on any atom is 0.0458 e. The van der Waals surface area contributed by atoms with E-state index in [0.717, 1.165) is 19.3 Å². The maximum atomic E-state index is 2.48. The summed E-state index contributed by atoms with van der Waals surface area (Å²) in [4.78, 5) is 4.86. The van der Waals surface area contributed by atoms with Gasteiger partial charge in [-0.3, -0.25) is 0 Å². The Bertz CT molecular complexity index is 1430. The van der Waals surface area contributed by atoms with Gasteiger partial charge >= 0.3 is 0 Å². The summed E-state index contributed by atoms with van der Waals surface area (Å²) in [5.41, 5.74) is 8.61. The molecular formula is C38H40N2. The van der Waals surface area contributed by atoms with E-state index in [1.54, 1.807) is 0 Å². The maximum absolute atomic E-state index is 2.48. The molecule has 1 aliphatic rings. The van der Waals surface area contributed by atoms with Crippen LogP contribution in [0, 0.1) is 5.92 Å². The molecule has 1 aliphatic carbocycles. The van der Waals surface area contributed by atoms with Crippen molar-refractivity contribution in [3.05, 3.63) is 145 Å². The van der Waals surface area contributed by atoms with Gasteiger partial charge in [-0.25, -0.2) is 0 Å². The normalized spacial score (nSPS) is 14.5. The van der Waals surface area contributed by atoms with E-state index in [1.165, 1.54) is 39.6 Å². The Hall–Kier alpha value is -4.30. The lowest BCUT2D eigenvalue weighted by Crippen LogP contribution is -2.33. The summed E-state index contributed by atoms with van der Waals surface area (Å²) in [5.74, 6) is 0.519. The summed E-state index contributed by atoms with van der Waals surface area (Å²) in [5, 5.41) is 0. The molecule has 202 valence electrons. The first-order valence-electron chi connectivity index (χ1n) is 14.5. The van der Waals surface area contributed by atoms with Crippen molar-refractivity contribution in [2.75, 3.05) is 9.80 Å². The molecule has 0 bridgehead atoms. The minimum Gasteiger partial charge on any atom is -0.338 e. The van der Waals surface area contributed by atoms with E-state index in [0.29, 0.717) is 12.0 Å². The summed E-state index contributed by atoms with van der Waals surface area (Å²) in [6.45, 7) is 6.78. The average molecular weight is 525 g/mol. The summed E-state index contributed by atoms with van der Waals surface area (Å²) < 4.78 is 0. The number of anilines is 4. The average Bonchev–Trinajstić information content (AvgIpc) is 3.02. The van der Waals surface area contributed by atoms with Crippen molar-refractivity contribution >= 4 is 22.7 Å². The van der Waals surface area contributed by atoms with Crippen LogP contribution in [0.1, 0.15) is 40.0 Å². The molecule has 0 fully saturated rings. The molecule has 0 heterocycles. The topological polar surface area (TPSA) is 6.48 Å². The van der Waals surface area contributed by atoms with Crippen molar-refractivity contribution in [2.24, 2.45) is 5.92 Å². The molecule has 0 N–H and O–H groups in total. The van der Waals surface area contributed by atoms with Crippen LogP contribution in [-0.2, 0) is 0 Å². The Morgan fingerprint density at radius 2 is 1.20 bits per heavy atom. The lowest BCUT2D eigenvalue weighted by molar-refractivity contribution is 0.482. The van der Waals surface area contributed by atoms with Crippen LogP contribution in [0.25, 0.3) is 11.1 Å². The lowest BCUT2D eigenvalue weighted by Gasteiger charge is -2.35. The Labute approximate surface area is 240 Å². The Morgan fingerprint density at radius 1 is 0.675 bits per heavy atom. The Balaban J connectivity index is 1.41. The number of hydrogen-bond donors (Lipinski definition) is 0. The van der Waals surface area contributed by atoms with Gasteiger partial charge in [-0.15, -0.1) is 0 Å². The van der Waals surface area contributed by atoms with Crippen molar-refractivity contribution in [1.82, 2.24) is 0 Å². The second kappa shape index (κ2) is 13.2. The quantitative estimate of drug-likeness (QED) is 0.190. The first kappa shape index (κ1) is 27.3. The Morgan fingerprint density at radius 3 is 1.75 bits per heavy atom. The SMILES string of the molecule is C/C=C\CC(C)C(C)N(c1ccccc1)c1ccc(-c2ccc(N(C3=CC=CCC3)c3ccccc3)cc2)cc1. The smallest absolute Gasteiger partial charge is 0.0458 e. The van der Waals surface area contributed by atoms with Gasteiger partial charge in [-0.05, 0) is 105 Å². The molecule has 4 aromatic carbocycles. The van der Waals surface area contributed by atoms with Crippen molar-refractivity contribution in [2.45, 2.75) is 46.1 Å². The summed E-state index contributed by atoms with van der Waals surface area (Å²) in [6.07, 6.45) is 14.3. The zero-order chi connectivity index (χ0) is 27.7. The van der Waals surface area contributed by atoms with Gasteiger partial charge in [0, 0.05) is 34.5 Å². The number of para-hydroxylation sites is 2. The number of hydrogen-bond acceptors (Lipinski definition) is 2. The van der Waals surface area contributed by atoms with Crippen LogP contribution in [-0.4, -0.2) is 6.04 Å². The molecule has 0 saturated heterocycles. The van der Waals surface area contributed by atoms with Gasteiger partial charge in [0.15, 0.2) is 0 Å². The third kappa shape index (κ3) is 6.29. The van der Waals surface area contributed by atoms with Crippen molar-refractivity contribution < 1.29 is 0 Å². The van der Waals surface area contributed by atoms with E-state index in [1.807, 2.05) is 0 Å². The van der Waals surface area contributed by atoms with Gasteiger partial charge in [0.25, 0.3) is 0 Å². The minimum absolute atomic E-state index is 0.358. The van der Waals surface area contributed by atoms with Crippen LogP contribution >= 0.6 is 0 Å². The van der Waals surface area contributed by atoms with Gasteiger partial charge in [0.05, 0.1) is 0 Å². The summed E-state index contributed by atoms with van der Waals surface area (Å²) >= 11 is 0. The van der Waals surface area contributed by atoms with Crippen LogP contribution in [0.2, 0.25) is 0 Å². The van der Waals surface area contributed by atoms with E-state index >= 15 is 0 Å². The van der Waals surface area contributed by atoms with E-state index in [9.17, 15) is 0 Å². The molecule has 0 spiro atoms. The van der Waals surface area contributed by atoms with Gasteiger partial charge in [-0.2, -0.15) is 0 Å². The first-order valence-corrected chi connectivity index (χ1v) is 14.5. The number of allylic oxidation sites excluding steroid dienone is 6. The highest BCUT2D eigenvalue weighted by Crippen LogP contribution is 2.36. The second-order valence-electron chi connectivity index (χ2n) is 10.6. The predicted molar refractivity (Wildman–Crippen MR) is 174 cm³/mol. The standard InChI is InChI=1S/C38H40N2/c1-4-5-15-30(2)31(3)39(34-16-9-6-10-17-34)37-26-22-32(23-27-37)33-24-28-38(29-25-33)40(35-18-11-7-12-19-35)36-20-13-8-14-21-36/h4-13,16-20,22-31H,14-15,21H2,1-3H3/b5-4-. The first-order chi connectivity index (χ1) is 19.7. The van der Waals surface area contributed by atoms with E-state index in [-0.39, 0.29) is 0 Å². The van der Waals surface area contributed by atoms with Crippen molar-refractivity contribution in [1.29, 1.82) is 0 Å². The molecule has 0 radical (unpaired) electrons. The van der Waals surface area contributed by atoms with Crippen LogP contribution in [0.4, 0.5) is 22.7 Å². The largest absolute Gasteiger partial charge is 0.338 e. The molecule has 0 saturated carbocycles. The zero-order valence-corrected chi connectivity index (χ0v) is 23.9. The second-order valence-corrected chi connectivity index (χ2v) is 10.6. The van der Waals surface area contributed by atoms with Crippen LogP contribution in [0.3, 0.4) is 0 Å². The van der Waals surface area contributed by atoms with E-state index in [2.05, 4.69) is 170 Å². The fraction of sp³-hybridized carbons (Fsp3) is 0.211. The van der Waals surface area contributed by atoms with E-state index in [4.69, 9.17) is 0 Å². The number of rotatable bonds is 10. The number of nitrogens with zero attached hydrogens (tertiary/aromatic N) is 2. The molecule has 5 rings (SSSR count).